The van der Waals surface area contributed by atoms with Crippen LogP contribution in [0.2, 0.25) is 0 Å². The predicted octanol–water partition coefficient (Wildman–Crippen LogP) is 1.93. The summed E-state index contributed by atoms with van der Waals surface area (Å²) in [5.41, 5.74) is 1.63. The van der Waals surface area contributed by atoms with Gasteiger partial charge >= 0.3 is 6.03 Å². The fourth-order valence-electron chi connectivity index (χ4n) is 2.96. The van der Waals surface area contributed by atoms with Crippen LogP contribution in [0.25, 0.3) is 0 Å². The van der Waals surface area contributed by atoms with Gasteiger partial charge in [-0.3, -0.25) is 0 Å². The number of nitrogens with zero attached hydrogens (tertiary/aromatic N) is 3. The van der Waals surface area contributed by atoms with Gasteiger partial charge in [-0.25, -0.2) is 4.79 Å². The molecule has 1 aromatic rings. The van der Waals surface area contributed by atoms with Crippen LogP contribution in [-0.4, -0.2) is 60.3 Å². The quantitative estimate of drug-likeness (QED) is 0.826. The Morgan fingerprint density at radius 1 is 1.20 bits per heavy atom. The maximum atomic E-state index is 12.7. The van der Waals surface area contributed by atoms with E-state index in [2.05, 4.69) is 16.3 Å². The molecule has 2 N–H and O–H groups in total. The third-order valence-corrected chi connectivity index (χ3v) is 4.59. The average Bonchev–Trinajstić information content (AvgIpc) is 2.60. The summed E-state index contributed by atoms with van der Waals surface area (Å²) in [5.74, 6) is 0. The zero-order valence-corrected chi connectivity index (χ0v) is 15.1. The molecule has 2 rings (SSSR count). The summed E-state index contributed by atoms with van der Waals surface area (Å²) in [6.07, 6.45) is 2.92. The highest BCUT2D eigenvalue weighted by atomic mass is 16.3. The molecule has 1 aliphatic carbocycles. The smallest absolute Gasteiger partial charge is 0.317 e. The van der Waals surface area contributed by atoms with Crippen LogP contribution in [-0.2, 0) is 6.54 Å². The second kappa shape index (κ2) is 9.40. The molecule has 0 spiro atoms. The molecule has 1 saturated carbocycles. The Balaban J connectivity index is 1.98. The van der Waals surface area contributed by atoms with E-state index in [1.54, 1.807) is 12.1 Å². The van der Waals surface area contributed by atoms with Gasteiger partial charge in [0.1, 0.15) is 0 Å². The van der Waals surface area contributed by atoms with E-state index in [0.717, 1.165) is 37.8 Å². The summed E-state index contributed by atoms with van der Waals surface area (Å²) in [6.45, 7) is 1.93. The molecule has 2 amide bonds. The van der Waals surface area contributed by atoms with Crippen LogP contribution < -0.4 is 5.32 Å². The molecule has 1 aromatic carbocycles. The highest BCUT2D eigenvalue weighted by Crippen LogP contribution is 2.18. The lowest BCUT2D eigenvalue weighted by Crippen LogP contribution is -2.47. The van der Waals surface area contributed by atoms with Gasteiger partial charge in [0.25, 0.3) is 0 Å². The molecule has 136 valence electrons. The number of aliphatic hydroxyl groups excluding tert-OH is 1. The molecule has 0 radical (unpaired) electrons. The molecule has 0 bridgehead atoms. The Hall–Kier alpha value is -2.10. The van der Waals surface area contributed by atoms with Gasteiger partial charge in [-0.1, -0.05) is 12.1 Å². The van der Waals surface area contributed by atoms with E-state index in [-0.39, 0.29) is 18.2 Å². The molecule has 0 unspecified atom stereocenters. The number of rotatable bonds is 6. The number of hydrogen-bond acceptors (Lipinski definition) is 4. The molecule has 0 aromatic heterocycles. The standard InChI is InChI=1S/C19H28N4O2/c1-22(2)11-12-23(14-16-5-3-15(13-20)4-6-16)19(25)21-17-7-9-18(24)10-8-17/h3-6,17-18,24H,7-12,14H2,1-2H3,(H,21,25). The summed E-state index contributed by atoms with van der Waals surface area (Å²) in [4.78, 5) is 16.6. The summed E-state index contributed by atoms with van der Waals surface area (Å²) < 4.78 is 0. The lowest BCUT2D eigenvalue weighted by Gasteiger charge is -2.30. The molecule has 25 heavy (non-hydrogen) atoms. The van der Waals surface area contributed by atoms with Crippen molar-refractivity contribution in [2.75, 3.05) is 27.2 Å². The largest absolute Gasteiger partial charge is 0.393 e. The lowest BCUT2D eigenvalue weighted by atomic mass is 9.93. The number of nitrogens with one attached hydrogen (secondary N) is 1. The Bertz CT molecular complexity index is 586. The minimum absolute atomic E-state index is 0.0624. The Morgan fingerprint density at radius 3 is 2.40 bits per heavy atom. The summed E-state index contributed by atoms with van der Waals surface area (Å²) in [5, 5.41) is 21.6. The van der Waals surface area contributed by atoms with Crippen LogP contribution in [0.4, 0.5) is 4.79 Å². The van der Waals surface area contributed by atoms with Crippen molar-refractivity contribution in [3.8, 4) is 6.07 Å². The summed E-state index contributed by atoms with van der Waals surface area (Å²) >= 11 is 0. The molecule has 1 aliphatic rings. The van der Waals surface area contributed by atoms with Crippen molar-refractivity contribution < 1.29 is 9.90 Å². The average molecular weight is 344 g/mol. The van der Waals surface area contributed by atoms with Gasteiger partial charge in [0.05, 0.1) is 17.7 Å². The molecular weight excluding hydrogens is 316 g/mol. The first kappa shape index (κ1) is 19.2. The van der Waals surface area contributed by atoms with Crippen molar-refractivity contribution >= 4 is 6.03 Å². The number of hydrogen-bond donors (Lipinski definition) is 2. The maximum absolute atomic E-state index is 12.7. The van der Waals surface area contributed by atoms with Gasteiger partial charge in [0, 0.05) is 25.7 Å². The van der Waals surface area contributed by atoms with E-state index in [4.69, 9.17) is 5.26 Å². The van der Waals surface area contributed by atoms with Gasteiger partial charge < -0.3 is 20.2 Å². The van der Waals surface area contributed by atoms with E-state index in [1.165, 1.54) is 0 Å². The van der Waals surface area contributed by atoms with Crippen LogP contribution in [0.3, 0.4) is 0 Å². The second-order valence-corrected chi connectivity index (χ2v) is 6.99. The third kappa shape index (κ3) is 6.37. The van der Waals surface area contributed by atoms with E-state index in [9.17, 15) is 9.90 Å². The summed E-state index contributed by atoms with van der Waals surface area (Å²) in [6, 6.07) is 9.53. The monoisotopic (exact) mass is 344 g/mol. The number of urea groups is 1. The SMILES string of the molecule is CN(C)CCN(Cc1ccc(C#N)cc1)C(=O)NC1CCC(O)CC1. The van der Waals surface area contributed by atoms with Gasteiger partial charge in [-0.05, 0) is 57.5 Å². The predicted molar refractivity (Wildman–Crippen MR) is 96.9 cm³/mol. The molecule has 0 atom stereocenters. The Morgan fingerprint density at radius 2 is 1.84 bits per heavy atom. The van der Waals surface area contributed by atoms with Crippen LogP contribution >= 0.6 is 0 Å². The normalized spacial score (nSPS) is 20.1. The molecule has 6 heteroatoms. The van der Waals surface area contributed by atoms with Crippen molar-refractivity contribution in [3.63, 3.8) is 0 Å². The topological polar surface area (TPSA) is 79.6 Å². The third-order valence-electron chi connectivity index (χ3n) is 4.59. The number of aliphatic hydroxyl groups is 1. The van der Waals surface area contributed by atoms with Crippen LogP contribution in [0.15, 0.2) is 24.3 Å². The fraction of sp³-hybridized carbons (Fsp3) is 0.579. The van der Waals surface area contributed by atoms with Crippen molar-refractivity contribution in [2.24, 2.45) is 0 Å². The minimum Gasteiger partial charge on any atom is -0.393 e. The Labute approximate surface area is 150 Å². The molecular formula is C19H28N4O2. The number of nitriles is 1. The second-order valence-electron chi connectivity index (χ2n) is 6.99. The van der Waals surface area contributed by atoms with E-state index < -0.39 is 0 Å². The molecule has 6 nitrogen and oxygen atoms in total. The van der Waals surface area contributed by atoms with Crippen molar-refractivity contribution in [3.05, 3.63) is 35.4 Å². The van der Waals surface area contributed by atoms with Crippen LogP contribution in [0.5, 0.6) is 0 Å². The minimum atomic E-state index is -0.225. The Kier molecular flexibility index (Phi) is 7.23. The van der Waals surface area contributed by atoms with Crippen LogP contribution in [0, 0.1) is 11.3 Å². The number of carbonyl (C=O) groups excluding carboxylic acids is 1. The van der Waals surface area contributed by atoms with E-state index in [0.29, 0.717) is 18.7 Å². The highest BCUT2D eigenvalue weighted by Gasteiger charge is 2.23. The molecule has 0 heterocycles. The van der Waals surface area contributed by atoms with Gasteiger partial charge in [0.15, 0.2) is 0 Å². The van der Waals surface area contributed by atoms with E-state index in [1.807, 2.05) is 31.1 Å². The van der Waals surface area contributed by atoms with E-state index >= 15 is 0 Å². The number of amides is 2. The highest BCUT2D eigenvalue weighted by molar-refractivity contribution is 5.74. The molecule has 0 aliphatic heterocycles. The summed E-state index contributed by atoms with van der Waals surface area (Å²) in [7, 11) is 3.97. The van der Waals surface area contributed by atoms with Gasteiger partial charge in [0.2, 0.25) is 0 Å². The zero-order chi connectivity index (χ0) is 18.2. The van der Waals surface area contributed by atoms with Gasteiger partial charge in [-0.2, -0.15) is 5.26 Å². The van der Waals surface area contributed by atoms with Crippen molar-refractivity contribution in [1.29, 1.82) is 5.26 Å². The first-order valence-electron chi connectivity index (χ1n) is 8.85. The molecule has 0 saturated heterocycles. The maximum Gasteiger partial charge on any atom is 0.317 e. The van der Waals surface area contributed by atoms with Gasteiger partial charge in [-0.15, -0.1) is 0 Å². The lowest BCUT2D eigenvalue weighted by molar-refractivity contribution is 0.114. The van der Waals surface area contributed by atoms with Crippen molar-refractivity contribution in [1.82, 2.24) is 15.1 Å². The fourth-order valence-corrected chi connectivity index (χ4v) is 2.96. The number of benzene rings is 1. The number of likely N-dealkylation sites (N-methyl/N-ethyl adjacent to an activating group) is 1. The van der Waals surface area contributed by atoms with Crippen molar-refractivity contribution in [2.45, 2.75) is 44.4 Å². The first-order valence-corrected chi connectivity index (χ1v) is 8.85. The first-order chi connectivity index (χ1) is 12.0. The molecule has 1 fully saturated rings. The number of carbonyl (C=O) groups is 1. The zero-order valence-electron chi connectivity index (χ0n) is 15.1. The van der Waals surface area contributed by atoms with Crippen LogP contribution in [0.1, 0.15) is 36.8 Å².